The Morgan fingerprint density at radius 2 is 1.56 bits per heavy atom. The van der Waals surface area contributed by atoms with Gasteiger partial charge in [-0.25, -0.2) is 0 Å². The van der Waals surface area contributed by atoms with Gasteiger partial charge in [-0.3, -0.25) is 24.0 Å². The SMILES string of the molecule is CC(=O)O[C@H](CC(=O)N[C@H](Cc1ccccc1)C(=O)N[C@@H](Cc1ccc(Cl)cc1Cl)C(N)=O)C(N)=O. The fourth-order valence-corrected chi connectivity index (χ4v) is 3.77. The molecule has 0 aliphatic rings. The van der Waals surface area contributed by atoms with Crippen molar-refractivity contribution in [1.82, 2.24) is 10.6 Å². The third kappa shape index (κ3) is 9.20. The van der Waals surface area contributed by atoms with Gasteiger partial charge in [0.25, 0.3) is 5.91 Å². The monoisotopic (exact) mass is 536 g/mol. The molecule has 3 atom stereocenters. The van der Waals surface area contributed by atoms with Crippen LogP contribution in [0.2, 0.25) is 10.0 Å². The van der Waals surface area contributed by atoms with Crippen molar-refractivity contribution >= 4 is 52.8 Å². The van der Waals surface area contributed by atoms with Gasteiger partial charge < -0.3 is 26.8 Å². The van der Waals surface area contributed by atoms with Gasteiger partial charge in [-0.1, -0.05) is 59.6 Å². The summed E-state index contributed by atoms with van der Waals surface area (Å²) in [7, 11) is 0. The molecule has 0 aliphatic carbocycles. The topological polar surface area (TPSA) is 171 Å². The maximum atomic E-state index is 13.2. The summed E-state index contributed by atoms with van der Waals surface area (Å²) < 4.78 is 4.77. The van der Waals surface area contributed by atoms with Crippen LogP contribution in [0.3, 0.4) is 0 Å². The summed E-state index contributed by atoms with van der Waals surface area (Å²) in [6.07, 6.45) is -2.05. The molecule has 12 heteroatoms. The standard InChI is InChI=1S/C24H26Cl2N4O6/c1-13(31)36-20(23(28)34)12-21(32)29-19(9-14-5-3-2-4-6-14)24(35)30-18(22(27)33)10-15-7-8-16(25)11-17(15)26/h2-8,11,18-20H,9-10,12H2,1H3,(H2,27,33)(H2,28,34)(H,29,32)(H,30,35)/t18-,19+,20+/m0/s1. The molecule has 4 amide bonds. The molecule has 0 aliphatic heterocycles. The summed E-state index contributed by atoms with van der Waals surface area (Å²) in [4.78, 5) is 60.6. The van der Waals surface area contributed by atoms with Crippen LogP contribution in [0.5, 0.6) is 0 Å². The summed E-state index contributed by atoms with van der Waals surface area (Å²) in [6, 6.07) is 11.2. The number of carbonyl (C=O) groups excluding carboxylic acids is 5. The van der Waals surface area contributed by atoms with Crippen LogP contribution < -0.4 is 22.1 Å². The molecule has 192 valence electrons. The predicted molar refractivity (Wildman–Crippen MR) is 133 cm³/mol. The van der Waals surface area contributed by atoms with Crippen molar-refractivity contribution in [3.05, 3.63) is 69.7 Å². The van der Waals surface area contributed by atoms with Crippen molar-refractivity contribution in [3.63, 3.8) is 0 Å². The minimum atomic E-state index is -1.51. The molecule has 0 bridgehead atoms. The maximum absolute atomic E-state index is 13.2. The van der Waals surface area contributed by atoms with Gasteiger partial charge in [-0.15, -0.1) is 0 Å². The number of esters is 1. The van der Waals surface area contributed by atoms with E-state index in [2.05, 4.69) is 10.6 Å². The van der Waals surface area contributed by atoms with Crippen LogP contribution >= 0.6 is 23.2 Å². The molecule has 2 aromatic rings. The molecule has 0 heterocycles. The molecule has 2 rings (SSSR count). The fourth-order valence-electron chi connectivity index (χ4n) is 3.28. The first kappa shape index (κ1) is 28.6. The Morgan fingerprint density at radius 3 is 2.11 bits per heavy atom. The van der Waals surface area contributed by atoms with Gasteiger partial charge in [-0.2, -0.15) is 0 Å². The molecule has 0 radical (unpaired) electrons. The van der Waals surface area contributed by atoms with Crippen LogP contribution in [0.1, 0.15) is 24.5 Å². The van der Waals surface area contributed by atoms with Crippen molar-refractivity contribution < 1.29 is 28.7 Å². The predicted octanol–water partition coefficient (Wildman–Crippen LogP) is 1.04. The molecule has 36 heavy (non-hydrogen) atoms. The lowest BCUT2D eigenvalue weighted by atomic mass is 10.0. The van der Waals surface area contributed by atoms with E-state index in [1.807, 2.05) is 0 Å². The summed E-state index contributed by atoms with van der Waals surface area (Å²) in [6.45, 7) is 1.07. The lowest BCUT2D eigenvalue weighted by molar-refractivity contribution is -0.154. The van der Waals surface area contributed by atoms with Crippen molar-refractivity contribution in [3.8, 4) is 0 Å². The van der Waals surface area contributed by atoms with E-state index in [4.69, 9.17) is 39.4 Å². The van der Waals surface area contributed by atoms with Crippen LogP contribution in [-0.4, -0.2) is 47.8 Å². The molecular weight excluding hydrogens is 511 g/mol. The van der Waals surface area contributed by atoms with Crippen molar-refractivity contribution in [2.75, 3.05) is 0 Å². The zero-order chi connectivity index (χ0) is 26.8. The Hall–Kier alpha value is -3.63. The third-order valence-corrected chi connectivity index (χ3v) is 5.62. The summed E-state index contributed by atoms with van der Waals surface area (Å²) in [5, 5.41) is 5.74. The highest BCUT2D eigenvalue weighted by Gasteiger charge is 2.29. The Labute approximate surface area is 217 Å². The number of nitrogens with one attached hydrogen (secondary N) is 2. The van der Waals surface area contributed by atoms with Gasteiger partial charge >= 0.3 is 5.97 Å². The lowest BCUT2D eigenvalue weighted by Gasteiger charge is -2.23. The van der Waals surface area contributed by atoms with Gasteiger partial charge in [0.1, 0.15) is 12.1 Å². The Balaban J connectivity index is 2.21. The number of hydrogen-bond donors (Lipinski definition) is 4. The van der Waals surface area contributed by atoms with Crippen LogP contribution in [-0.2, 0) is 41.6 Å². The van der Waals surface area contributed by atoms with Crippen molar-refractivity contribution in [1.29, 1.82) is 0 Å². The van der Waals surface area contributed by atoms with E-state index >= 15 is 0 Å². The van der Waals surface area contributed by atoms with E-state index in [-0.39, 0.29) is 12.8 Å². The number of nitrogens with two attached hydrogens (primary N) is 2. The Bertz CT molecular complexity index is 1130. The molecule has 2 aromatic carbocycles. The van der Waals surface area contributed by atoms with E-state index in [0.29, 0.717) is 21.2 Å². The first-order valence-electron chi connectivity index (χ1n) is 10.8. The number of primary amides is 2. The zero-order valence-electron chi connectivity index (χ0n) is 19.3. The third-order valence-electron chi connectivity index (χ3n) is 5.03. The molecule has 6 N–H and O–H groups in total. The first-order valence-corrected chi connectivity index (χ1v) is 11.5. The second-order valence-corrected chi connectivity index (χ2v) is 8.76. The number of halogens is 2. The van der Waals surface area contributed by atoms with Crippen LogP contribution in [0, 0.1) is 0 Å². The average molecular weight is 537 g/mol. The molecule has 0 spiro atoms. The number of benzene rings is 2. The van der Waals surface area contributed by atoms with Gasteiger partial charge in [0.2, 0.25) is 17.7 Å². The highest BCUT2D eigenvalue weighted by molar-refractivity contribution is 6.35. The van der Waals surface area contributed by atoms with Crippen molar-refractivity contribution in [2.45, 2.75) is 44.4 Å². The van der Waals surface area contributed by atoms with Gasteiger partial charge in [0.05, 0.1) is 6.42 Å². The van der Waals surface area contributed by atoms with E-state index in [1.165, 1.54) is 6.07 Å². The van der Waals surface area contributed by atoms with E-state index in [9.17, 15) is 24.0 Å². The van der Waals surface area contributed by atoms with E-state index in [1.54, 1.807) is 42.5 Å². The summed E-state index contributed by atoms with van der Waals surface area (Å²) in [5.41, 5.74) is 11.9. The molecule has 0 aromatic heterocycles. The van der Waals surface area contributed by atoms with Crippen LogP contribution in [0.4, 0.5) is 0 Å². The van der Waals surface area contributed by atoms with Gasteiger partial charge in [-0.05, 0) is 23.3 Å². The van der Waals surface area contributed by atoms with E-state index in [0.717, 1.165) is 6.92 Å². The van der Waals surface area contributed by atoms with Crippen LogP contribution in [0.25, 0.3) is 0 Å². The average Bonchev–Trinajstić information content (AvgIpc) is 2.79. The Kier molecular flexibility index (Phi) is 10.7. The maximum Gasteiger partial charge on any atom is 0.303 e. The van der Waals surface area contributed by atoms with Gasteiger partial charge in [0.15, 0.2) is 6.10 Å². The minimum Gasteiger partial charge on any atom is -0.452 e. The highest BCUT2D eigenvalue weighted by Crippen LogP contribution is 2.22. The molecular formula is C24H26Cl2N4O6. The zero-order valence-corrected chi connectivity index (χ0v) is 20.8. The number of hydrogen-bond acceptors (Lipinski definition) is 6. The highest BCUT2D eigenvalue weighted by atomic mass is 35.5. The normalized spacial score (nSPS) is 13.1. The largest absolute Gasteiger partial charge is 0.452 e. The second kappa shape index (κ2) is 13.5. The molecule has 10 nitrogen and oxygen atoms in total. The van der Waals surface area contributed by atoms with Crippen LogP contribution in [0.15, 0.2) is 48.5 Å². The quantitative estimate of drug-likeness (QED) is 0.295. The molecule has 0 fully saturated rings. The lowest BCUT2D eigenvalue weighted by Crippen LogP contribution is -2.54. The minimum absolute atomic E-state index is 0.0146. The summed E-state index contributed by atoms with van der Waals surface area (Å²) in [5.74, 6) is -4.10. The fraction of sp³-hybridized carbons (Fsp3) is 0.292. The smallest absolute Gasteiger partial charge is 0.303 e. The van der Waals surface area contributed by atoms with Crippen molar-refractivity contribution in [2.24, 2.45) is 11.5 Å². The molecule has 0 saturated heterocycles. The number of ether oxygens (including phenoxy) is 1. The number of amides is 4. The molecule has 0 unspecified atom stereocenters. The number of rotatable bonds is 12. The second-order valence-electron chi connectivity index (χ2n) is 7.92. The molecule has 0 saturated carbocycles. The van der Waals surface area contributed by atoms with Gasteiger partial charge in [0, 0.05) is 29.8 Å². The number of carbonyl (C=O) groups is 5. The van der Waals surface area contributed by atoms with E-state index < -0.39 is 54.2 Å². The summed E-state index contributed by atoms with van der Waals surface area (Å²) >= 11 is 12.1. The Morgan fingerprint density at radius 1 is 0.889 bits per heavy atom. The first-order chi connectivity index (χ1) is 17.0.